The first kappa shape index (κ1) is 28.3. The second-order valence-corrected chi connectivity index (χ2v) is 17.6. The molecule has 0 aromatic rings. The molecule has 0 aliphatic rings. The Balaban J connectivity index is 5.85. The molecule has 0 radical (unpaired) electrons. The molecule has 0 aliphatic carbocycles. The van der Waals surface area contributed by atoms with Crippen LogP contribution in [0.3, 0.4) is 0 Å². The van der Waals surface area contributed by atoms with E-state index >= 15 is 0 Å². The molecule has 0 spiro atoms. The Labute approximate surface area is 178 Å². The van der Waals surface area contributed by atoms with Crippen molar-refractivity contribution in [3.05, 3.63) is 0 Å². The van der Waals surface area contributed by atoms with E-state index < -0.39 is 16.6 Å². The molecule has 0 amide bonds. The Kier molecular flexibility index (Phi) is 13.0. The van der Waals surface area contributed by atoms with Gasteiger partial charge in [-0.3, -0.25) is 0 Å². The maximum atomic E-state index is 11.5. The molecule has 2 unspecified atom stereocenters. The van der Waals surface area contributed by atoms with E-state index in [0.717, 1.165) is 51.6 Å². The zero-order chi connectivity index (χ0) is 21.9. The predicted molar refractivity (Wildman–Crippen MR) is 130 cm³/mol. The molecule has 0 aromatic carbocycles. The lowest BCUT2D eigenvalue weighted by atomic mass is 9.77. The molecular formula is C22H52N2O2Si2. The normalized spacial score (nSPS) is 17.4. The Morgan fingerprint density at radius 3 is 1.89 bits per heavy atom. The van der Waals surface area contributed by atoms with Crippen LogP contribution in [0.15, 0.2) is 0 Å². The topological polar surface area (TPSA) is 67.5 Å². The minimum atomic E-state index is -2.44. The third-order valence-corrected chi connectivity index (χ3v) is 14.3. The van der Waals surface area contributed by atoms with Gasteiger partial charge in [-0.2, -0.15) is 0 Å². The first-order valence-electron chi connectivity index (χ1n) is 11.9. The van der Waals surface area contributed by atoms with Crippen molar-refractivity contribution in [2.45, 2.75) is 122 Å². The van der Waals surface area contributed by atoms with E-state index in [1.165, 1.54) is 18.5 Å². The Morgan fingerprint density at radius 1 is 0.893 bits per heavy atom. The zero-order valence-electron chi connectivity index (χ0n) is 20.4. The van der Waals surface area contributed by atoms with Crippen molar-refractivity contribution in [1.29, 1.82) is 0 Å². The Morgan fingerprint density at radius 2 is 1.50 bits per heavy atom. The van der Waals surface area contributed by atoms with Crippen LogP contribution >= 0.6 is 0 Å². The molecule has 28 heavy (non-hydrogen) atoms. The Hall–Kier alpha value is 0.274. The van der Waals surface area contributed by atoms with Crippen molar-refractivity contribution < 1.29 is 9.22 Å². The largest absolute Gasteiger partial charge is 0.432 e. The van der Waals surface area contributed by atoms with Gasteiger partial charge < -0.3 is 20.3 Å². The van der Waals surface area contributed by atoms with Gasteiger partial charge in [-0.15, -0.1) is 0 Å². The van der Waals surface area contributed by atoms with Gasteiger partial charge in [0.1, 0.15) is 0 Å². The van der Waals surface area contributed by atoms with Crippen LogP contribution in [0.25, 0.3) is 0 Å². The SMILES string of the molecule is CCCC(CC)(C(CC)(CC)O[Si](C)(CCC)CCCNCCN)[Si](C)(C)O. The number of hydrogen-bond acceptors (Lipinski definition) is 4. The minimum absolute atomic E-state index is 0.0853. The van der Waals surface area contributed by atoms with Crippen LogP contribution in [-0.4, -0.2) is 46.7 Å². The minimum Gasteiger partial charge on any atom is -0.432 e. The van der Waals surface area contributed by atoms with Crippen LogP contribution in [0.1, 0.15) is 79.6 Å². The van der Waals surface area contributed by atoms with Gasteiger partial charge in [-0.1, -0.05) is 47.5 Å². The van der Waals surface area contributed by atoms with E-state index in [-0.39, 0.29) is 10.6 Å². The average Bonchev–Trinajstić information content (AvgIpc) is 2.63. The predicted octanol–water partition coefficient (Wildman–Crippen LogP) is 5.63. The lowest BCUT2D eigenvalue weighted by Crippen LogP contribution is -2.61. The van der Waals surface area contributed by atoms with E-state index in [1.54, 1.807) is 0 Å². The molecular weight excluding hydrogens is 380 g/mol. The van der Waals surface area contributed by atoms with Crippen LogP contribution in [-0.2, 0) is 4.43 Å². The zero-order valence-corrected chi connectivity index (χ0v) is 22.4. The Bertz CT molecular complexity index is 414. The summed E-state index contributed by atoms with van der Waals surface area (Å²) in [5.74, 6) is 0. The second kappa shape index (κ2) is 12.9. The van der Waals surface area contributed by atoms with Crippen molar-refractivity contribution in [3.8, 4) is 0 Å². The highest BCUT2D eigenvalue weighted by atomic mass is 28.4. The maximum Gasteiger partial charge on any atom is 0.191 e. The molecule has 6 heteroatoms. The van der Waals surface area contributed by atoms with Crippen molar-refractivity contribution >= 4 is 16.6 Å². The van der Waals surface area contributed by atoms with Crippen molar-refractivity contribution in [2.24, 2.45) is 5.73 Å². The van der Waals surface area contributed by atoms with Crippen LogP contribution in [0.4, 0.5) is 0 Å². The molecule has 0 rings (SSSR count). The molecule has 170 valence electrons. The first-order valence-corrected chi connectivity index (χ1v) is 17.7. The number of nitrogens with two attached hydrogens (primary N) is 1. The summed E-state index contributed by atoms with van der Waals surface area (Å²) in [6.45, 7) is 20.7. The van der Waals surface area contributed by atoms with Crippen LogP contribution in [0.2, 0.25) is 36.8 Å². The van der Waals surface area contributed by atoms with Gasteiger partial charge in [-0.05, 0) is 70.4 Å². The van der Waals surface area contributed by atoms with Crippen LogP contribution in [0, 0.1) is 0 Å². The lowest BCUT2D eigenvalue weighted by molar-refractivity contribution is -0.0158. The number of nitrogens with one attached hydrogen (secondary N) is 1. The molecule has 0 aliphatic heterocycles. The fourth-order valence-electron chi connectivity index (χ4n) is 5.66. The summed E-state index contributed by atoms with van der Waals surface area (Å²) in [6, 6.07) is 2.38. The summed E-state index contributed by atoms with van der Waals surface area (Å²) in [4.78, 5) is 11.5. The number of rotatable bonds is 17. The molecule has 0 bridgehead atoms. The summed E-state index contributed by atoms with van der Waals surface area (Å²) < 4.78 is 7.37. The standard InChI is InChI=1S/C22H52N2O2Si2/c1-9-15-22(13-5,27(6,7)25)21(11-3,12-4)26-28(8,19-10-2)20-14-17-24-18-16-23/h24-25H,9-20,23H2,1-8H3. The summed E-state index contributed by atoms with van der Waals surface area (Å²) in [6.07, 6.45) is 7.49. The molecule has 2 atom stereocenters. The van der Waals surface area contributed by atoms with Crippen LogP contribution in [0.5, 0.6) is 0 Å². The summed E-state index contributed by atoms with van der Waals surface area (Å²) in [5.41, 5.74) is 5.39. The van der Waals surface area contributed by atoms with Gasteiger partial charge in [0, 0.05) is 18.1 Å². The fourth-order valence-corrected chi connectivity index (χ4v) is 12.9. The summed E-state index contributed by atoms with van der Waals surface area (Å²) in [5, 5.41) is 3.35. The van der Waals surface area contributed by atoms with E-state index in [9.17, 15) is 4.80 Å². The van der Waals surface area contributed by atoms with Gasteiger partial charge in [0.25, 0.3) is 0 Å². The molecule has 0 heterocycles. The van der Waals surface area contributed by atoms with Gasteiger partial charge in [0.15, 0.2) is 16.6 Å². The highest BCUT2D eigenvalue weighted by Gasteiger charge is 2.59. The smallest absolute Gasteiger partial charge is 0.191 e. The van der Waals surface area contributed by atoms with Crippen molar-refractivity contribution in [2.75, 3.05) is 19.6 Å². The molecule has 4 N–H and O–H groups in total. The quantitative estimate of drug-likeness (QED) is 0.206. The maximum absolute atomic E-state index is 11.5. The summed E-state index contributed by atoms with van der Waals surface area (Å²) >= 11 is 0. The van der Waals surface area contributed by atoms with Gasteiger partial charge in [-0.25, -0.2) is 0 Å². The van der Waals surface area contributed by atoms with E-state index in [1.807, 2.05) is 0 Å². The summed E-state index contributed by atoms with van der Waals surface area (Å²) in [7, 11) is -4.32. The third-order valence-electron chi connectivity index (χ3n) is 7.07. The van der Waals surface area contributed by atoms with Crippen LogP contribution < -0.4 is 11.1 Å². The molecule has 0 fully saturated rings. The fraction of sp³-hybridized carbons (Fsp3) is 1.00. The average molecular weight is 433 g/mol. The second-order valence-electron chi connectivity index (χ2n) is 9.39. The molecule has 4 nitrogen and oxygen atoms in total. The van der Waals surface area contributed by atoms with E-state index in [4.69, 9.17) is 10.2 Å². The monoisotopic (exact) mass is 432 g/mol. The van der Waals surface area contributed by atoms with Gasteiger partial charge in [0.2, 0.25) is 0 Å². The highest BCUT2D eigenvalue weighted by molar-refractivity contribution is 6.74. The molecule has 0 saturated heterocycles. The van der Waals surface area contributed by atoms with Crippen molar-refractivity contribution in [1.82, 2.24) is 5.32 Å². The van der Waals surface area contributed by atoms with E-state index in [0.29, 0.717) is 6.54 Å². The third kappa shape index (κ3) is 6.91. The first-order chi connectivity index (χ1) is 13.1. The number of hydrogen-bond donors (Lipinski definition) is 3. The highest BCUT2D eigenvalue weighted by Crippen LogP contribution is 2.59. The molecule has 0 aromatic heterocycles. The van der Waals surface area contributed by atoms with E-state index in [2.05, 4.69) is 59.6 Å². The lowest BCUT2D eigenvalue weighted by Gasteiger charge is -2.58. The van der Waals surface area contributed by atoms with Gasteiger partial charge >= 0.3 is 0 Å². The molecule has 0 saturated carbocycles. The van der Waals surface area contributed by atoms with Gasteiger partial charge in [0.05, 0.1) is 5.60 Å². The van der Waals surface area contributed by atoms with Crippen molar-refractivity contribution in [3.63, 3.8) is 0 Å².